The van der Waals surface area contributed by atoms with Crippen LogP contribution in [0.2, 0.25) is 0 Å². The molecule has 1 N–H and O–H groups in total. The molecule has 0 spiro atoms. The second-order valence-electron chi connectivity index (χ2n) is 5.68. The minimum absolute atomic E-state index is 0.177. The van der Waals surface area contributed by atoms with Gasteiger partial charge in [-0.1, -0.05) is 0 Å². The number of methoxy groups -OCH3 is 1. The molecule has 0 radical (unpaired) electrons. The highest BCUT2D eigenvalue weighted by atomic mass is 19.1. The number of hydrogen-bond donors (Lipinski definition) is 1. The molecule has 0 fully saturated rings. The average Bonchev–Trinajstić information content (AvgIpc) is 2.70. The smallest absolute Gasteiger partial charge is 0.305 e. The van der Waals surface area contributed by atoms with Crippen LogP contribution in [0.3, 0.4) is 0 Å². The van der Waals surface area contributed by atoms with Gasteiger partial charge in [0, 0.05) is 24.1 Å². The Morgan fingerprint density at radius 1 is 0.963 bits per heavy atom. The molecule has 27 heavy (non-hydrogen) atoms. The molecule has 0 saturated carbocycles. The lowest BCUT2D eigenvalue weighted by Crippen LogP contribution is -2.30. The van der Waals surface area contributed by atoms with Crippen LogP contribution in [0.15, 0.2) is 48.5 Å². The first-order valence-electron chi connectivity index (χ1n) is 8.36. The van der Waals surface area contributed by atoms with Crippen molar-refractivity contribution < 1.29 is 28.2 Å². The normalized spacial score (nSPS) is 10.1. The van der Waals surface area contributed by atoms with E-state index >= 15 is 0 Å². The van der Waals surface area contributed by atoms with E-state index in [9.17, 15) is 18.8 Å². The van der Waals surface area contributed by atoms with Crippen LogP contribution in [0, 0.1) is 5.82 Å². The number of nitrogens with one attached hydrogen (secondary N) is 1. The second kappa shape index (κ2) is 10.1. The molecule has 0 unspecified atom stereocenters. The molecule has 7 heteroatoms. The van der Waals surface area contributed by atoms with E-state index in [-0.39, 0.29) is 30.7 Å². The predicted octanol–water partition coefficient (Wildman–Crippen LogP) is 2.50. The Bertz CT molecular complexity index is 787. The molecule has 6 nitrogen and oxygen atoms in total. The van der Waals surface area contributed by atoms with Gasteiger partial charge in [0.15, 0.2) is 12.4 Å². The van der Waals surface area contributed by atoms with Crippen LogP contribution in [-0.4, -0.2) is 37.9 Å². The van der Waals surface area contributed by atoms with Crippen LogP contribution in [-0.2, 0) is 14.3 Å². The summed E-state index contributed by atoms with van der Waals surface area (Å²) in [6.45, 7) is 0.173. The third-order valence-electron chi connectivity index (χ3n) is 3.70. The maximum Gasteiger partial charge on any atom is 0.305 e. The highest BCUT2D eigenvalue weighted by Crippen LogP contribution is 2.16. The number of hydrogen-bond acceptors (Lipinski definition) is 5. The van der Waals surface area contributed by atoms with Gasteiger partial charge in [-0.25, -0.2) is 4.39 Å². The average molecular weight is 373 g/mol. The maximum atomic E-state index is 12.9. The number of halogens is 1. The predicted molar refractivity (Wildman–Crippen MR) is 96.0 cm³/mol. The molecule has 0 saturated heterocycles. The van der Waals surface area contributed by atoms with Crippen molar-refractivity contribution in [1.82, 2.24) is 5.32 Å². The van der Waals surface area contributed by atoms with Crippen LogP contribution < -0.4 is 10.1 Å². The zero-order valence-electron chi connectivity index (χ0n) is 14.9. The molecule has 0 aliphatic carbocycles. The monoisotopic (exact) mass is 373 g/mol. The molecule has 2 aromatic carbocycles. The number of benzene rings is 2. The SMILES string of the molecule is COC(=O)CCCNC(=O)COc1ccc(C(=O)c2ccc(F)cc2)cc1. The molecular formula is C20H20FNO5. The fourth-order valence-electron chi connectivity index (χ4n) is 2.23. The van der Waals surface area contributed by atoms with E-state index in [4.69, 9.17) is 4.74 Å². The lowest BCUT2D eigenvalue weighted by atomic mass is 10.0. The first-order chi connectivity index (χ1) is 13.0. The summed E-state index contributed by atoms with van der Waals surface area (Å²) in [5.74, 6) is -0.832. The quantitative estimate of drug-likeness (QED) is 0.415. The molecule has 2 aromatic rings. The number of ketones is 1. The van der Waals surface area contributed by atoms with Crippen molar-refractivity contribution in [2.75, 3.05) is 20.3 Å². The number of carbonyl (C=O) groups excluding carboxylic acids is 3. The first kappa shape index (κ1) is 20.1. The number of esters is 1. The Morgan fingerprint density at radius 3 is 2.15 bits per heavy atom. The van der Waals surface area contributed by atoms with Gasteiger partial charge in [-0.2, -0.15) is 0 Å². The third kappa shape index (κ3) is 6.54. The largest absolute Gasteiger partial charge is 0.484 e. The van der Waals surface area contributed by atoms with Gasteiger partial charge in [-0.15, -0.1) is 0 Å². The van der Waals surface area contributed by atoms with Gasteiger partial charge in [0.2, 0.25) is 0 Å². The van der Waals surface area contributed by atoms with Gasteiger partial charge in [0.05, 0.1) is 7.11 Å². The Morgan fingerprint density at radius 2 is 1.56 bits per heavy atom. The van der Waals surface area contributed by atoms with Gasteiger partial charge < -0.3 is 14.8 Å². The summed E-state index contributed by atoms with van der Waals surface area (Å²) >= 11 is 0. The first-order valence-corrected chi connectivity index (χ1v) is 8.36. The number of carbonyl (C=O) groups is 3. The summed E-state index contributed by atoms with van der Waals surface area (Å²) in [5, 5.41) is 2.63. The molecule has 2 rings (SSSR count). The summed E-state index contributed by atoms with van der Waals surface area (Å²) in [6.07, 6.45) is 0.722. The van der Waals surface area contributed by atoms with Crippen LogP contribution >= 0.6 is 0 Å². The van der Waals surface area contributed by atoms with Crippen molar-refractivity contribution in [2.45, 2.75) is 12.8 Å². The van der Waals surface area contributed by atoms with Crippen LogP contribution in [0.1, 0.15) is 28.8 Å². The van der Waals surface area contributed by atoms with E-state index in [1.165, 1.54) is 31.4 Å². The molecule has 0 heterocycles. The minimum Gasteiger partial charge on any atom is -0.484 e. The molecule has 0 aliphatic heterocycles. The van der Waals surface area contributed by atoms with Crippen molar-refractivity contribution in [3.8, 4) is 5.75 Å². The van der Waals surface area contributed by atoms with Crippen molar-refractivity contribution in [1.29, 1.82) is 0 Å². The fourth-order valence-corrected chi connectivity index (χ4v) is 2.23. The van der Waals surface area contributed by atoms with Crippen LogP contribution in [0.25, 0.3) is 0 Å². The lowest BCUT2D eigenvalue weighted by molar-refractivity contribution is -0.140. The van der Waals surface area contributed by atoms with Crippen molar-refractivity contribution in [3.05, 3.63) is 65.5 Å². The van der Waals surface area contributed by atoms with Crippen molar-refractivity contribution >= 4 is 17.7 Å². The van der Waals surface area contributed by atoms with E-state index in [2.05, 4.69) is 10.1 Å². The summed E-state index contributed by atoms with van der Waals surface area (Å²) in [7, 11) is 1.31. The second-order valence-corrected chi connectivity index (χ2v) is 5.68. The fraction of sp³-hybridized carbons (Fsp3) is 0.250. The van der Waals surface area contributed by atoms with Crippen molar-refractivity contribution in [3.63, 3.8) is 0 Å². The Kier molecular flexibility index (Phi) is 7.49. The molecule has 142 valence electrons. The summed E-state index contributed by atoms with van der Waals surface area (Å²) in [5.41, 5.74) is 0.817. The van der Waals surface area contributed by atoms with E-state index in [0.717, 1.165) is 0 Å². The zero-order valence-corrected chi connectivity index (χ0v) is 14.9. The molecule has 0 aliphatic rings. The van der Waals surface area contributed by atoms with E-state index < -0.39 is 5.82 Å². The van der Waals surface area contributed by atoms with E-state index in [0.29, 0.717) is 29.8 Å². The number of amides is 1. The van der Waals surface area contributed by atoms with Gasteiger partial charge in [-0.3, -0.25) is 14.4 Å². The molecule has 0 atom stereocenters. The van der Waals surface area contributed by atoms with Crippen LogP contribution in [0.5, 0.6) is 5.75 Å². The highest BCUT2D eigenvalue weighted by Gasteiger charge is 2.10. The van der Waals surface area contributed by atoms with E-state index in [1.54, 1.807) is 24.3 Å². The number of ether oxygens (including phenoxy) is 2. The molecule has 1 amide bonds. The third-order valence-corrected chi connectivity index (χ3v) is 3.70. The van der Waals surface area contributed by atoms with Crippen molar-refractivity contribution in [2.24, 2.45) is 0 Å². The lowest BCUT2D eigenvalue weighted by Gasteiger charge is -2.08. The van der Waals surface area contributed by atoms with Gasteiger partial charge in [0.1, 0.15) is 11.6 Å². The molecule has 0 aromatic heterocycles. The number of rotatable bonds is 9. The topological polar surface area (TPSA) is 81.7 Å². The van der Waals surface area contributed by atoms with E-state index in [1.807, 2.05) is 0 Å². The van der Waals surface area contributed by atoms with Gasteiger partial charge in [0.25, 0.3) is 5.91 Å². The summed E-state index contributed by atoms with van der Waals surface area (Å²) in [6, 6.07) is 11.6. The zero-order chi connectivity index (χ0) is 19.6. The Balaban J connectivity index is 1.78. The standard InChI is InChI=1S/C20H20FNO5/c1-26-19(24)3-2-12-22-18(23)13-27-17-10-6-15(7-11-17)20(25)14-4-8-16(21)9-5-14/h4-11H,2-3,12-13H2,1H3,(H,22,23). The minimum atomic E-state index is -0.404. The summed E-state index contributed by atoms with van der Waals surface area (Å²) in [4.78, 5) is 34.9. The molecule has 0 bridgehead atoms. The molecular weight excluding hydrogens is 353 g/mol. The summed E-state index contributed by atoms with van der Waals surface area (Å²) < 4.78 is 22.8. The van der Waals surface area contributed by atoms with Gasteiger partial charge in [-0.05, 0) is 55.0 Å². The highest BCUT2D eigenvalue weighted by molar-refractivity contribution is 6.09. The Labute approximate surface area is 156 Å². The van der Waals surface area contributed by atoms with Crippen LogP contribution in [0.4, 0.5) is 4.39 Å². The maximum absolute atomic E-state index is 12.9. The van der Waals surface area contributed by atoms with Gasteiger partial charge >= 0.3 is 5.97 Å². The Hall–Kier alpha value is -3.22.